The smallest absolute Gasteiger partial charge is 0.0870 e. The number of hydrogen-bond donors (Lipinski definition) is 4. The Hall–Kier alpha value is -1.79. The minimum absolute atomic E-state index is 0.349. The van der Waals surface area contributed by atoms with E-state index in [-0.39, 0.29) is 5.41 Å². The summed E-state index contributed by atoms with van der Waals surface area (Å²) in [7, 11) is 0. The van der Waals surface area contributed by atoms with E-state index >= 15 is 0 Å². The summed E-state index contributed by atoms with van der Waals surface area (Å²) >= 11 is 0. The molecule has 0 unspecified atom stereocenters. The van der Waals surface area contributed by atoms with E-state index in [4.69, 9.17) is 22.9 Å². The largest absolute Gasteiger partial charge is 0.310 e. The first-order valence-electron chi connectivity index (χ1n) is 7.44. The van der Waals surface area contributed by atoms with Crippen LogP contribution < -0.4 is 22.9 Å². The van der Waals surface area contributed by atoms with Gasteiger partial charge in [0.1, 0.15) is 0 Å². The highest BCUT2D eigenvalue weighted by molar-refractivity contribution is 5.73. The van der Waals surface area contributed by atoms with Crippen molar-refractivity contribution in [3.8, 4) is 0 Å². The Morgan fingerprint density at radius 1 is 0.773 bits per heavy atom. The fraction of sp³-hybridized carbons (Fsp3) is 0.353. The van der Waals surface area contributed by atoms with Crippen LogP contribution in [0.4, 0.5) is 0 Å². The Morgan fingerprint density at radius 2 is 1.32 bits per heavy atom. The van der Waals surface area contributed by atoms with Crippen LogP contribution in [-0.2, 0) is 0 Å². The predicted molar refractivity (Wildman–Crippen MR) is 90.8 cm³/mol. The van der Waals surface area contributed by atoms with Gasteiger partial charge in [-0.05, 0) is 6.08 Å². The zero-order chi connectivity index (χ0) is 15.8. The average Bonchev–Trinajstić information content (AvgIpc) is 2.46. The lowest BCUT2D eigenvalue weighted by Crippen LogP contribution is -2.52. The SMILES string of the molecule is NC1(N)C=CC=C(C2(C3=CC=CC(N)(N)C3)C=CC=NC2)C1. The van der Waals surface area contributed by atoms with Crippen molar-refractivity contribution in [1.82, 2.24) is 0 Å². The number of aliphatic imine (C=N–C) groups is 1. The maximum absolute atomic E-state index is 6.12. The van der Waals surface area contributed by atoms with Gasteiger partial charge in [-0.2, -0.15) is 0 Å². The van der Waals surface area contributed by atoms with Crippen LogP contribution in [0.1, 0.15) is 12.8 Å². The molecule has 0 atom stereocenters. The van der Waals surface area contributed by atoms with Crippen molar-refractivity contribution in [1.29, 1.82) is 0 Å². The molecular formula is C17H23N5. The summed E-state index contributed by atoms with van der Waals surface area (Å²) < 4.78 is 0. The molecule has 0 radical (unpaired) electrons. The Balaban J connectivity index is 2.04. The Kier molecular flexibility index (Phi) is 3.53. The molecule has 0 aromatic rings. The van der Waals surface area contributed by atoms with Gasteiger partial charge >= 0.3 is 0 Å². The van der Waals surface area contributed by atoms with Gasteiger partial charge in [-0.15, -0.1) is 0 Å². The van der Waals surface area contributed by atoms with E-state index < -0.39 is 11.3 Å². The highest BCUT2D eigenvalue weighted by atomic mass is 15.0. The van der Waals surface area contributed by atoms with Crippen LogP contribution in [0.3, 0.4) is 0 Å². The molecule has 116 valence electrons. The van der Waals surface area contributed by atoms with Crippen LogP contribution in [0.15, 0.2) is 64.7 Å². The van der Waals surface area contributed by atoms with Crippen LogP contribution >= 0.6 is 0 Å². The van der Waals surface area contributed by atoms with Crippen LogP contribution in [-0.4, -0.2) is 24.1 Å². The molecule has 0 amide bonds. The number of dihydropyridines is 1. The molecule has 3 aliphatic rings. The molecule has 1 heterocycles. The normalized spacial score (nSPS) is 27.5. The van der Waals surface area contributed by atoms with Gasteiger partial charge in [-0.25, -0.2) is 0 Å². The number of hydrogen-bond acceptors (Lipinski definition) is 5. The summed E-state index contributed by atoms with van der Waals surface area (Å²) in [5.74, 6) is 0. The van der Waals surface area contributed by atoms with Gasteiger partial charge in [0, 0.05) is 19.1 Å². The van der Waals surface area contributed by atoms with Crippen molar-refractivity contribution in [2.45, 2.75) is 24.2 Å². The van der Waals surface area contributed by atoms with Crippen molar-refractivity contribution < 1.29 is 0 Å². The third kappa shape index (κ3) is 2.76. The third-order valence-electron chi connectivity index (χ3n) is 4.46. The number of allylic oxidation sites excluding steroid dienone is 5. The zero-order valence-electron chi connectivity index (χ0n) is 12.6. The maximum Gasteiger partial charge on any atom is 0.0870 e. The molecule has 0 bridgehead atoms. The fourth-order valence-electron chi connectivity index (χ4n) is 3.34. The van der Waals surface area contributed by atoms with Gasteiger partial charge in [0.2, 0.25) is 0 Å². The second-order valence-electron chi connectivity index (χ2n) is 6.50. The Labute approximate surface area is 130 Å². The molecule has 0 saturated carbocycles. The van der Waals surface area contributed by atoms with Gasteiger partial charge in [0.05, 0.1) is 23.3 Å². The lowest BCUT2D eigenvalue weighted by molar-refractivity contribution is 0.422. The molecular weight excluding hydrogens is 274 g/mol. The minimum atomic E-state index is -0.834. The molecule has 5 nitrogen and oxygen atoms in total. The van der Waals surface area contributed by atoms with E-state index in [1.807, 2.05) is 36.6 Å². The highest BCUT2D eigenvalue weighted by Crippen LogP contribution is 2.46. The summed E-state index contributed by atoms with van der Waals surface area (Å²) in [6.07, 6.45) is 18.7. The lowest BCUT2D eigenvalue weighted by atomic mass is 9.66. The Bertz CT molecular complexity index is 602. The van der Waals surface area contributed by atoms with Gasteiger partial charge in [-0.1, -0.05) is 53.7 Å². The standard InChI is InChI=1S/C17H23N5/c18-16(19)7-1-4-13(10-16)15(6-3-9-22-12-15)14-5-2-8-17(20,21)11-14/h1-9H,10-12,18-21H2. The second kappa shape index (κ2) is 5.14. The van der Waals surface area contributed by atoms with Crippen LogP contribution in [0.5, 0.6) is 0 Å². The minimum Gasteiger partial charge on any atom is -0.310 e. The van der Waals surface area contributed by atoms with Crippen molar-refractivity contribution in [2.24, 2.45) is 33.3 Å². The molecule has 0 spiro atoms. The number of nitrogens with zero attached hydrogens (tertiary/aromatic N) is 1. The van der Waals surface area contributed by atoms with Crippen molar-refractivity contribution >= 4 is 6.21 Å². The summed E-state index contributed by atoms with van der Waals surface area (Å²) in [6.45, 7) is 0.620. The zero-order valence-corrected chi connectivity index (χ0v) is 12.6. The molecule has 1 aliphatic heterocycles. The van der Waals surface area contributed by atoms with Crippen LogP contribution in [0.2, 0.25) is 0 Å². The van der Waals surface area contributed by atoms with Gasteiger partial charge in [-0.3, -0.25) is 4.99 Å². The fourth-order valence-corrected chi connectivity index (χ4v) is 3.34. The van der Waals surface area contributed by atoms with Gasteiger partial charge in [0.15, 0.2) is 0 Å². The highest BCUT2D eigenvalue weighted by Gasteiger charge is 2.41. The number of rotatable bonds is 2. The number of nitrogens with two attached hydrogens (primary N) is 4. The van der Waals surface area contributed by atoms with E-state index in [0.29, 0.717) is 19.4 Å². The van der Waals surface area contributed by atoms with Crippen molar-refractivity contribution in [3.05, 3.63) is 59.8 Å². The first-order chi connectivity index (χ1) is 10.3. The topological polar surface area (TPSA) is 116 Å². The summed E-state index contributed by atoms with van der Waals surface area (Å²) in [4.78, 5) is 4.47. The Morgan fingerprint density at radius 3 is 1.73 bits per heavy atom. The molecule has 8 N–H and O–H groups in total. The van der Waals surface area contributed by atoms with E-state index in [2.05, 4.69) is 23.2 Å². The second-order valence-corrected chi connectivity index (χ2v) is 6.50. The third-order valence-corrected chi connectivity index (χ3v) is 4.46. The summed E-state index contributed by atoms with van der Waals surface area (Å²) in [5.41, 5.74) is 24.8. The maximum atomic E-state index is 6.12. The van der Waals surface area contributed by atoms with Gasteiger partial charge in [0.25, 0.3) is 0 Å². The van der Waals surface area contributed by atoms with Crippen molar-refractivity contribution in [2.75, 3.05) is 6.54 Å². The van der Waals surface area contributed by atoms with Crippen LogP contribution in [0.25, 0.3) is 0 Å². The average molecular weight is 297 g/mol. The molecule has 0 saturated heterocycles. The molecule has 5 heteroatoms. The van der Waals surface area contributed by atoms with E-state index in [9.17, 15) is 0 Å². The molecule has 3 rings (SSSR count). The van der Waals surface area contributed by atoms with E-state index in [1.165, 1.54) is 0 Å². The van der Waals surface area contributed by atoms with Crippen molar-refractivity contribution in [3.63, 3.8) is 0 Å². The van der Waals surface area contributed by atoms with Crippen LogP contribution in [0, 0.1) is 5.41 Å². The quantitative estimate of drug-likeness (QED) is 0.559. The predicted octanol–water partition coefficient (Wildman–Crippen LogP) is 0.613. The molecule has 2 aliphatic carbocycles. The lowest BCUT2D eigenvalue weighted by Gasteiger charge is -2.42. The van der Waals surface area contributed by atoms with E-state index in [1.54, 1.807) is 0 Å². The van der Waals surface area contributed by atoms with E-state index in [0.717, 1.165) is 11.1 Å². The molecule has 0 aromatic carbocycles. The monoisotopic (exact) mass is 297 g/mol. The molecule has 0 aromatic heterocycles. The first kappa shape index (κ1) is 15.1. The molecule has 0 fully saturated rings. The summed E-state index contributed by atoms with van der Waals surface area (Å²) in [5, 5.41) is 0. The molecule has 22 heavy (non-hydrogen) atoms. The summed E-state index contributed by atoms with van der Waals surface area (Å²) in [6, 6.07) is 0. The first-order valence-corrected chi connectivity index (χ1v) is 7.44. The van der Waals surface area contributed by atoms with Gasteiger partial charge < -0.3 is 22.9 Å².